The molecule has 1 aliphatic rings. The van der Waals surface area contributed by atoms with Crippen LogP contribution in [-0.4, -0.2) is 53.6 Å². The number of nitrogens with zero attached hydrogens (tertiary/aromatic N) is 5. The topological polar surface area (TPSA) is 91.6 Å². The summed E-state index contributed by atoms with van der Waals surface area (Å²) in [5.74, 6) is 2.05. The molecule has 2 aromatic heterocycles. The summed E-state index contributed by atoms with van der Waals surface area (Å²) < 4.78 is 17.7. The first-order valence-electron chi connectivity index (χ1n) is 13.9. The first-order chi connectivity index (χ1) is 19.6. The van der Waals surface area contributed by atoms with Gasteiger partial charge in [-0.2, -0.15) is 5.10 Å². The van der Waals surface area contributed by atoms with Gasteiger partial charge in [0.1, 0.15) is 11.5 Å². The summed E-state index contributed by atoms with van der Waals surface area (Å²) in [4.78, 5) is 23.2. The maximum absolute atomic E-state index is 11.2. The standard InChI is InChI=1S/C31H37N5O4/c1-38-26-14-25(15-27(17-26)39-2)36(20-22-9-10-22)24-11-12-28-29(16-24)34-30(19-32-28)23-18-33-35(21-23)13-7-5-4-6-8-31(37)40-3/h11-12,14-19,21-22H,4-10,13,20H2,1-3H3. The number of aryl methyl sites for hydroxylation is 1. The average Bonchev–Trinajstić information content (AvgIpc) is 3.70. The van der Waals surface area contributed by atoms with Crippen LogP contribution in [0.4, 0.5) is 11.4 Å². The van der Waals surface area contributed by atoms with Crippen molar-refractivity contribution in [3.05, 3.63) is 55.0 Å². The molecular formula is C31H37N5O4. The number of aromatic nitrogens is 4. The second kappa shape index (κ2) is 12.8. The summed E-state index contributed by atoms with van der Waals surface area (Å²) in [5.41, 5.74) is 5.51. The van der Waals surface area contributed by atoms with Gasteiger partial charge in [-0.15, -0.1) is 0 Å². The summed E-state index contributed by atoms with van der Waals surface area (Å²) in [5, 5.41) is 4.53. The minimum absolute atomic E-state index is 0.142. The number of rotatable bonds is 14. The molecule has 0 radical (unpaired) electrons. The SMILES string of the molecule is COC(=O)CCCCCCn1cc(-c2cnc3ccc(N(CC4CC4)c4cc(OC)cc(OC)c4)cc3n2)cn1. The third-order valence-electron chi connectivity index (χ3n) is 7.30. The molecule has 40 heavy (non-hydrogen) atoms. The van der Waals surface area contributed by atoms with Crippen molar-refractivity contribution in [2.75, 3.05) is 32.8 Å². The van der Waals surface area contributed by atoms with E-state index >= 15 is 0 Å². The van der Waals surface area contributed by atoms with Crippen LogP contribution in [0, 0.1) is 5.92 Å². The Balaban J connectivity index is 1.32. The zero-order valence-electron chi connectivity index (χ0n) is 23.5. The van der Waals surface area contributed by atoms with E-state index < -0.39 is 0 Å². The number of esters is 1. The third kappa shape index (κ3) is 6.89. The Hall–Kier alpha value is -4.14. The largest absolute Gasteiger partial charge is 0.497 e. The van der Waals surface area contributed by atoms with Crippen LogP contribution in [0.1, 0.15) is 44.9 Å². The number of unbranched alkanes of at least 4 members (excludes halogenated alkanes) is 3. The second-order valence-corrected chi connectivity index (χ2v) is 10.3. The van der Waals surface area contributed by atoms with Crippen LogP contribution in [0.15, 0.2) is 55.0 Å². The molecule has 0 unspecified atom stereocenters. The van der Waals surface area contributed by atoms with E-state index in [1.807, 2.05) is 47.5 Å². The summed E-state index contributed by atoms with van der Waals surface area (Å²) in [6.45, 7) is 1.74. The molecule has 1 fully saturated rings. The summed E-state index contributed by atoms with van der Waals surface area (Å²) >= 11 is 0. The van der Waals surface area contributed by atoms with Crippen molar-refractivity contribution in [3.8, 4) is 22.8 Å². The fourth-order valence-electron chi connectivity index (χ4n) is 4.79. The zero-order valence-corrected chi connectivity index (χ0v) is 23.5. The van der Waals surface area contributed by atoms with Gasteiger partial charge in [-0.25, -0.2) is 4.98 Å². The molecular weight excluding hydrogens is 506 g/mol. The molecule has 0 aliphatic heterocycles. The number of hydrogen-bond acceptors (Lipinski definition) is 8. The Morgan fingerprint density at radius 3 is 2.42 bits per heavy atom. The third-order valence-corrected chi connectivity index (χ3v) is 7.30. The molecule has 9 heteroatoms. The molecule has 0 N–H and O–H groups in total. The minimum atomic E-state index is -0.142. The minimum Gasteiger partial charge on any atom is -0.497 e. The van der Waals surface area contributed by atoms with Crippen LogP contribution in [0.5, 0.6) is 11.5 Å². The number of carbonyl (C=O) groups is 1. The number of carbonyl (C=O) groups excluding carboxylic acids is 1. The molecule has 9 nitrogen and oxygen atoms in total. The van der Waals surface area contributed by atoms with Gasteiger partial charge in [0.25, 0.3) is 0 Å². The lowest BCUT2D eigenvalue weighted by Gasteiger charge is -2.26. The van der Waals surface area contributed by atoms with Gasteiger partial charge in [0.15, 0.2) is 0 Å². The molecule has 1 aliphatic carbocycles. The summed E-state index contributed by atoms with van der Waals surface area (Å²) in [6.07, 6.45) is 12.6. The molecule has 5 rings (SSSR count). The molecule has 2 aromatic carbocycles. The molecule has 210 valence electrons. The van der Waals surface area contributed by atoms with Gasteiger partial charge in [0.05, 0.1) is 50.5 Å². The number of methoxy groups -OCH3 is 3. The van der Waals surface area contributed by atoms with Crippen LogP contribution in [0.25, 0.3) is 22.3 Å². The second-order valence-electron chi connectivity index (χ2n) is 10.3. The van der Waals surface area contributed by atoms with Crippen molar-refractivity contribution < 1.29 is 19.0 Å². The Morgan fingerprint density at radius 2 is 1.70 bits per heavy atom. The quantitative estimate of drug-likeness (QED) is 0.137. The van der Waals surface area contributed by atoms with Crippen LogP contribution < -0.4 is 14.4 Å². The van der Waals surface area contributed by atoms with E-state index in [1.54, 1.807) is 14.2 Å². The average molecular weight is 544 g/mol. The summed E-state index contributed by atoms with van der Waals surface area (Å²) in [6, 6.07) is 12.2. The van der Waals surface area contributed by atoms with E-state index in [1.165, 1.54) is 20.0 Å². The van der Waals surface area contributed by atoms with E-state index in [0.717, 1.165) is 83.9 Å². The van der Waals surface area contributed by atoms with E-state index in [0.29, 0.717) is 12.3 Å². The Kier molecular flexibility index (Phi) is 8.78. The van der Waals surface area contributed by atoms with Crippen LogP contribution in [0.2, 0.25) is 0 Å². The number of hydrogen-bond donors (Lipinski definition) is 0. The Morgan fingerprint density at radius 1 is 0.925 bits per heavy atom. The zero-order chi connectivity index (χ0) is 27.9. The molecule has 4 aromatic rings. The summed E-state index contributed by atoms with van der Waals surface area (Å²) in [7, 11) is 4.78. The molecule has 0 bridgehead atoms. The molecule has 0 amide bonds. The van der Waals surface area contributed by atoms with Crippen molar-refractivity contribution in [2.24, 2.45) is 5.92 Å². The van der Waals surface area contributed by atoms with Gasteiger partial charge >= 0.3 is 5.97 Å². The molecule has 1 saturated carbocycles. The lowest BCUT2D eigenvalue weighted by atomic mass is 10.1. The number of fused-ring (bicyclic) bond motifs is 1. The Labute approximate surface area is 235 Å². The van der Waals surface area contributed by atoms with Gasteiger partial charge in [-0.1, -0.05) is 12.8 Å². The highest BCUT2D eigenvalue weighted by atomic mass is 16.5. The van der Waals surface area contributed by atoms with Crippen molar-refractivity contribution in [1.82, 2.24) is 19.7 Å². The van der Waals surface area contributed by atoms with E-state index in [4.69, 9.17) is 19.2 Å². The highest BCUT2D eigenvalue weighted by Crippen LogP contribution is 2.38. The van der Waals surface area contributed by atoms with Gasteiger partial charge in [-0.3, -0.25) is 14.5 Å². The molecule has 2 heterocycles. The molecule has 0 saturated heterocycles. The van der Waals surface area contributed by atoms with E-state index in [-0.39, 0.29) is 5.97 Å². The van der Waals surface area contributed by atoms with Crippen LogP contribution in [0.3, 0.4) is 0 Å². The van der Waals surface area contributed by atoms with E-state index in [2.05, 4.69) is 27.1 Å². The fraction of sp³-hybridized carbons (Fsp3) is 0.419. The maximum Gasteiger partial charge on any atom is 0.305 e. The predicted molar refractivity (Wildman–Crippen MR) is 155 cm³/mol. The maximum atomic E-state index is 11.2. The first kappa shape index (κ1) is 27.4. The van der Waals surface area contributed by atoms with Crippen molar-refractivity contribution >= 4 is 28.4 Å². The van der Waals surface area contributed by atoms with Crippen LogP contribution in [-0.2, 0) is 16.1 Å². The number of benzene rings is 2. The number of ether oxygens (including phenoxy) is 3. The van der Waals surface area contributed by atoms with E-state index in [9.17, 15) is 4.79 Å². The van der Waals surface area contributed by atoms with Gasteiger partial charge in [0, 0.05) is 60.8 Å². The smallest absolute Gasteiger partial charge is 0.305 e. The van der Waals surface area contributed by atoms with Gasteiger partial charge < -0.3 is 19.1 Å². The molecule has 0 atom stereocenters. The number of anilines is 2. The highest BCUT2D eigenvalue weighted by molar-refractivity contribution is 5.82. The van der Waals surface area contributed by atoms with Crippen molar-refractivity contribution in [3.63, 3.8) is 0 Å². The lowest BCUT2D eigenvalue weighted by molar-refractivity contribution is -0.140. The van der Waals surface area contributed by atoms with Gasteiger partial charge in [-0.05, 0) is 49.8 Å². The van der Waals surface area contributed by atoms with Gasteiger partial charge in [0.2, 0.25) is 0 Å². The lowest BCUT2D eigenvalue weighted by Crippen LogP contribution is -2.20. The molecule has 0 spiro atoms. The normalized spacial score (nSPS) is 12.9. The first-order valence-corrected chi connectivity index (χ1v) is 13.9. The fourth-order valence-corrected chi connectivity index (χ4v) is 4.79. The monoisotopic (exact) mass is 543 g/mol. The highest BCUT2D eigenvalue weighted by Gasteiger charge is 2.26. The van der Waals surface area contributed by atoms with Crippen molar-refractivity contribution in [2.45, 2.75) is 51.5 Å². The van der Waals surface area contributed by atoms with Crippen LogP contribution >= 0.6 is 0 Å². The Bertz CT molecular complexity index is 1430. The predicted octanol–water partition coefficient (Wildman–Crippen LogP) is 6.18. The van der Waals surface area contributed by atoms with Crippen molar-refractivity contribution in [1.29, 1.82) is 0 Å².